The van der Waals surface area contributed by atoms with Crippen LogP contribution in [0.2, 0.25) is 0 Å². The van der Waals surface area contributed by atoms with E-state index in [0.29, 0.717) is 5.92 Å². The Morgan fingerprint density at radius 1 is 1.27 bits per heavy atom. The summed E-state index contributed by atoms with van der Waals surface area (Å²) in [6.07, 6.45) is 3.88. The van der Waals surface area contributed by atoms with Crippen LogP contribution in [0, 0.1) is 5.92 Å². The van der Waals surface area contributed by atoms with Gasteiger partial charge in [-0.3, -0.25) is 0 Å². The number of ether oxygens (including phenoxy) is 2. The zero-order chi connectivity index (χ0) is 8.69. The predicted octanol–water partition coefficient (Wildman–Crippen LogP) is 2.21. The van der Waals surface area contributed by atoms with Crippen LogP contribution >= 0.6 is 0 Å². The second-order valence-electron chi connectivity index (χ2n) is 2.69. The highest BCUT2D eigenvalue weighted by molar-refractivity contribution is 4.74. The van der Waals surface area contributed by atoms with Gasteiger partial charge in [0, 0.05) is 14.2 Å². The third kappa shape index (κ3) is 4.99. The number of hydrogen-bond acceptors (Lipinski definition) is 2. The van der Waals surface area contributed by atoms with Crippen molar-refractivity contribution in [3.63, 3.8) is 0 Å². The van der Waals surface area contributed by atoms with Crippen molar-refractivity contribution in [1.29, 1.82) is 0 Å². The maximum absolute atomic E-state index is 5.04. The first-order valence-corrected chi connectivity index (χ1v) is 3.92. The van der Waals surface area contributed by atoms with Gasteiger partial charge < -0.3 is 9.47 Å². The number of methoxy groups -OCH3 is 2. The van der Waals surface area contributed by atoms with Crippen molar-refractivity contribution in [3.05, 3.63) is 12.7 Å². The van der Waals surface area contributed by atoms with E-state index in [-0.39, 0.29) is 6.29 Å². The summed E-state index contributed by atoms with van der Waals surface area (Å²) in [7, 11) is 3.32. The molecule has 11 heavy (non-hydrogen) atoms. The van der Waals surface area contributed by atoms with Gasteiger partial charge in [0.25, 0.3) is 0 Å². The molecule has 0 aliphatic rings. The van der Waals surface area contributed by atoms with E-state index in [1.165, 1.54) is 0 Å². The van der Waals surface area contributed by atoms with Gasteiger partial charge in [-0.05, 0) is 18.8 Å². The van der Waals surface area contributed by atoms with Crippen LogP contribution in [0.4, 0.5) is 0 Å². The number of allylic oxidation sites excluding steroid dienone is 1. The van der Waals surface area contributed by atoms with Crippen LogP contribution < -0.4 is 0 Å². The summed E-state index contributed by atoms with van der Waals surface area (Å²) in [6, 6.07) is 0. The lowest BCUT2D eigenvalue weighted by molar-refractivity contribution is -0.107. The molecule has 66 valence electrons. The fraction of sp³-hybridized carbons (Fsp3) is 0.778. The molecule has 0 rings (SSSR count). The Balaban J connectivity index is 3.41. The minimum absolute atomic E-state index is 0.0580. The molecule has 0 fully saturated rings. The fourth-order valence-electron chi connectivity index (χ4n) is 0.849. The van der Waals surface area contributed by atoms with Gasteiger partial charge in [-0.2, -0.15) is 0 Å². The Labute approximate surface area is 69.2 Å². The summed E-state index contributed by atoms with van der Waals surface area (Å²) in [5.41, 5.74) is 0. The van der Waals surface area contributed by atoms with Gasteiger partial charge in [-0.15, -0.1) is 6.58 Å². The fourth-order valence-corrected chi connectivity index (χ4v) is 0.849. The molecule has 0 amide bonds. The lowest BCUT2D eigenvalue weighted by Gasteiger charge is -2.14. The molecule has 0 unspecified atom stereocenters. The van der Waals surface area contributed by atoms with Crippen LogP contribution in [0.25, 0.3) is 0 Å². The molecule has 0 heterocycles. The minimum Gasteiger partial charge on any atom is -0.356 e. The Kier molecular flexibility index (Phi) is 6.18. The lowest BCUT2D eigenvalue weighted by atomic mass is 10.1. The lowest BCUT2D eigenvalue weighted by Crippen LogP contribution is -2.13. The first-order valence-electron chi connectivity index (χ1n) is 3.92. The zero-order valence-corrected chi connectivity index (χ0v) is 7.67. The SMILES string of the molecule is C=C[C@@H](C)CCC(OC)OC. The van der Waals surface area contributed by atoms with Crippen LogP contribution in [0.5, 0.6) is 0 Å². The quantitative estimate of drug-likeness (QED) is 0.436. The van der Waals surface area contributed by atoms with Crippen LogP contribution in [0.1, 0.15) is 19.8 Å². The molecule has 0 bridgehead atoms. The van der Waals surface area contributed by atoms with Gasteiger partial charge in [-0.1, -0.05) is 13.0 Å². The van der Waals surface area contributed by atoms with Crippen molar-refractivity contribution in [2.24, 2.45) is 5.92 Å². The van der Waals surface area contributed by atoms with Gasteiger partial charge >= 0.3 is 0 Å². The molecule has 2 nitrogen and oxygen atoms in total. The largest absolute Gasteiger partial charge is 0.356 e. The summed E-state index contributed by atoms with van der Waals surface area (Å²) >= 11 is 0. The molecule has 0 aliphatic heterocycles. The van der Waals surface area contributed by atoms with Crippen molar-refractivity contribution in [2.75, 3.05) is 14.2 Å². The molecule has 0 radical (unpaired) electrons. The molecule has 0 aromatic carbocycles. The van der Waals surface area contributed by atoms with Crippen molar-refractivity contribution in [2.45, 2.75) is 26.1 Å². The molecule has 0 spiro atoms. The Morgan fingerprint density at radius 3 is 2.18 bits per heavy atom. The van der Waals surface area contributed by atoms with Gasteiger partial charge in [0.05, 0.1) is 0 Å². The first-order chi connectivity index (χ1) is 5.24. The third-order valence-electron chi connectivity index (χ3n) is 1.79. The van der Waals surface area contributed by atoms with Crippen LogP contribution in [0.15, 0.2) is 12.7 Å². The third-order valence-corrected chi connectivity index (χ3v) is 1.79. The van der Waals surface area contributed by atoms with Crippen molar-refractivity contribution in [1.82, 2.24) is 0 Å². The Morgan fingerprint density at radius 2 is 1.82 bits per heavy atom. The van der Waals surface area contributed by atoms with E-state index in [0.717, 1.165) is 12.8 Å². The van der Waals surface area contributed by atoms with Crippen LogP contribution in [-0.2, 0) is 9.47 Å². The average Bonchev–Trinajstić information content (AvgIpc) is 2.06. The summed E-state index contributed by atoms with van der Waals surface area (Å²) in [5, 5.41) is 0. The molecule has 0 N–H and O–H groups in total. The molecule has 0 aliphatic carbocycles. The standard InChI is InChI=1S/C9H18O2/c1-5-8(2)6-7-9(10-3)11-4/h5,8-9H,1,6-7H2,2-4H3/t8-/m1/s1. The second-order valence-corrected chi connectivity index (χ2v) is 2.69. The maximum Gasteiger partial charge on any atom is 0.156 e. The zero-order valence-electron chi connectivity index (χ0n) is 7.67. The Bertz CT molecular complexity index is 97.7. The molecule has 1 atom stereocenters. The molecule has 0 aromatic heterocycles. The average molecular weight is 158 g/mol. The maximum atomic E-state index is 5.04. The molecule has 0 saturated carbocycles. The summed E-state index contributed by atoms with van der Waals surface area (Å²) in [5.74, 6) is 0.544. The second kappa shape index (κ2) is 6.38. The van der Waals surface area contributed by atoms with E-state index in [9.17, 15) is 0 Å². The molecule has 0 aromatic rings. The summed E-state index contributed by atoms with van der Waals surface area (Å²) in [4.78, 5) is 0. The van der Waals surface area contributed by atoms with Gasteiger partial charge in [0.1, 0.15) is 0 Å². The van der Waals surface area contributed by atoms with Gasteiger partial charge in [0.15, 0.2) is 6.29 Å². The van der Waals surface area contributed by atoms with E-state index >= 15 is 0 Å². The molecule has 2 heteroatoms. The highest BCUT2D eigenvalue weighted by Gasteiger charge is 2.05. The van der Waals surface area contributed by atoms with E-state index in [2.05, 4.69) is 13.5 Å². The van der Waals surface area contributed by atoms with E-state index < -0.39 is 0 Å². The monoisotopic (exact) mass is 158 g/mol. The van der Waals surface area contributed by atoms with E-state index in [4.69, 9.17) is 9.47 Å². The van der Waals surface area contributed by atoms with Crippen molar-refractivity contribution >= 4 is 0 Å². The minimum atomic E-state index is -0.0580. The van der Waals surface area contributed by atoms with Crippen LogP contribution in [-0.4, -0.2) is 20.5 Å². The Hall–Kier alpha value is -0.340. The summed E-state index contributed by atoms with van der Waals surface area (Å²) in [6.45, 7) is 5.84. The molecule has 0 saturated heterocycles. The highest BCUT2D eigenvalue weighted by atomic mass is 16.7. The smallest absolute Gasteiger partial charge is 0.156 e. The number of hydrogen-bond donors (Lipinski definition) is 0. The van der Waals surface area contributed by atoms with Crippen LogP contribution in [0.3, 0.4) is 0 Å². The topological polar surface area (TPSA) is 18.5 Å². The van der Waals surface area contributed by atoms with E-state index in [1.807, 2.05) is 6.08 Å². The summed E-state index contributed by atoms with van der Waals surface area (Å²) < 4.78 is 10.1. The van der Waals surface area contributed by atoms with Gasteiger partial charge in [-0.25, -0.2) is 0 Å². The van der Waals surface area contributed by atoms with Crippen molar-refractivity contribution in [3.8, 4) is 0 Å². The highest BCUT2D eigenvalue weighted by Crippen LogP contribution is 2.10. The first kappa shape index (κ1) is 10.7. The van der Waals surface area contributed by atoms with Gasteiger partial charge in [0.2, 0.25) is 0 Å². The number of rotatable bonds is 6. The normalized spacial score (nSPS) is 13.5. The molecular weight excluding hydrogens is 140 g/mol. The van der Waals surface area contributed by atoms with Crippen molar-refractivity contribution < 1.29 is 9.47 Å². The molecular formula is C9H18O2. The van der Waals surface area contributed by atoms with E-state index in [1.54, 1.807) is 14.2 Å². The predicted molar refractivity (Wildman–Crippen MR) is 46.4 cm³/mol.